The van der Waals surface area contributed by atoms with Crippen LogP contribution in [-0.2, 0) is 14.4 Å². The molecule has 3 unspecified atom stereocenters. The summed E-state index contributed by atoms with van der Waals surface area (Å²) in [5, 5.41) is 31.4. The lowest BCUT2D eigenvalue weighted by atomic mass is 9.81. The van der Waals surface area contributed by atoms with E-state index in [1.165, 1.54) is 13.8 Å². The fourth-order valence-electron chi connectivity index (χ4n) is 2.39. The molecule has 22 heavy (non-hydrogen) atoms. The lowest BCUT2D eigenvalue weighted by molar-refractivity contribution is -0.140. The Morgan fingerprint density at radius 3 is 2.27 bits per heavy atom. The topological polar surface area (TPSA) is 124 Å². The van der Waals surface area contributed by atoms with Crippen molar-refractivity contribution in [2.45, 2.75) is 45.4 Å². The lowest BCUT2D eigenvalue weighted by Crippen LogP contribution is -2.64. The highest BCUT2D eigenvalue weighted by Gasteiger charge is 2.60. The highest BCUT2D eigenvalue weighted by Crippen LogP contribution is 2.36. The molecule has 0 saturated carbocycles. The Balaban J connectivity index is 3.04. The van der Waals surface area contributed by atoms with Gasteiger partial charge in [-0.2, -0.15) is 0 Å². The van der Waals surface area contributed by atoms with Crippen molar-refractivity contribution in [2.24, 2.45) is 17.8 Å². The average molecular weight is 333 g/mol. The van der Waals surface area contributed by atoms with E-state index in [4.69, 9.17) is 5.11 Å². The van der Waals surface area contributed by atoms with E-state index in [1.807, 2.05) is 0 Å². The minimum absolute atomic E-state index is 0.00228. The number of nitrogens with one attached hydrogen (secondary N) is 1. The molecule has 0 radical (unpaired) electrons. The van der Waals surface area contributed by atoms with Crippen LogP contribution >= 0.6 is 11.8 Å². The fourth-order valence-corrected chi connectivity index (χ4v) is 3.46. The summed E-state index contributed by atoms with van der Waals surface area (Å²) >= 11 is 0.708. The maximum atomic E-state index is 12.6. The Kier molecular flexibility index (Phi) is 6.00. The zero-order valence-corrected chi connectivity index (χ0v) is 13.9. The second-order valence-electron chi connectivity index (χ2n) is 6.12. The van der Waals surface area contributed by atoms with Crippen LogP contribution in [0.15, 0.2) is 0 Å². The summed E-state index contributed by atoms with van der Waals surface area (Å²) in [5.41, 5.74) is -1.80. The summed E-state index contributed by atoms with van der Waals surface area (Å²) in [6.45, 7) is 6.28. The summed E-state index contributed by atoms with van der Waals surface area (Å²) in [7, 11) is 0. The van der Waals surface area contributed by atoms with Gasteiger partial charge in [0.2, 0.25) is 11.0 Å². The minimum atomic E-state index is -1.80. The number of aliphatic hydroxyl groups excluding tert-OH is 2. The molecule has 1 rings (SSSR count). The molecule has 4 N–H and O–H groups in total. The van der Waals surface area contributed by atoms with Crippen LogP contribution in [0.2, 0.25) is 0 Å². The number of hydrogen-bond donors (Lipinski definition) is 4. The Bertz CT molecular complexity index is 468. The normalized spacial score (nSPS) is 31.0. The van der Waals surface area contributed by atoms with E-state index in [0.717, 1.165) is 0 Å². The van der Waals surface area contributed by atoms with Crippen molar-refractivity contribution in [3.8, 4) is 0 Å². The van der Waals surface area contributed by atoms with Gasteiger partial charge in [0.15, 0.2) is 5.54 Å². The van der Waals surface area contributed by atoms with Crippen molar-refractivity contribution in [1.82, 2.24) is 5.32 Å². The molecule has 0 aromatic carbocycles. The number of aliphatic carboxylic acids is 1. The number of carboxylic acid groups (broad SMARTS) is 1. The summed E-state index contributed by atoms with van der Waals surface area (Å²) < 4.78 is 0. The molecule has 0 aromatic heterocycles. The van der Waals surface area contributed by atoms with Crippen LogP contribution in [0.5, 0.6) is 0 Å². The van der Waals surface area contributed by atoms with Gasteiger partial charge in [-0.1, -0.05) is 39.5 Å². The number of aliphatic hydroxyl groups is 2. The second-order valence-corrected chi connectivity index (χ2v) is 7.11. The van der Waals surface area contributed by atoms with E-state index in [0.29, 0.717) is 11.8 Å². The monoisotopic (exact) mass is 333 g/mol. The third-order valence-electron chi connectivity index (χ3n) is 4.01. The van der Waals surface area contributed by atoms with Gasteiger partial charge < -0.3 is 20.6 Å². The number of hydrogen-bond acceptors (Lipinski definition) is 6. The van der Waals surface area contributed by atoms with Gasteiger partial charge in [0.1, 0.15) is 0 Å². The van der Waals surface area contributed by atoms with E-state index >= 15 is 0 Å². The molecule has 7 nitrogen and oxygen atoms in total. The summed E-state index contributed by atoms with van der Waals surface area (Å²) in [6.07, 6.45) is -2.63. The van der Waals surface area contributed by atoms with Crippen LogP contribution in [0.3, 0.4) is 0 Å². The van der Waals surface area contributed by atoms with Crippen LogP contribution < -0.4 is 5.32 Å². The quantitative estimate of drug-likeness (QED) is 0.533. The van der Waals surface area contributed by atoms with Gasteiger partial charge in [-0.15, -0.1) is 0 Å². The molecule has 1 aliphatic rings. The molecule has 1 fully saturated rings. The van der Waals surface area contributed by atoms with Crippen molar-refractivity contribution in [2.75, 3.05) is 5.75 Å². The standard InChI is InChI=1S/C14H23NO6S/c1-6(2)9(16)14(10(17)8(4)11(18)15-14)13(21)22-5-7(3)12(19)20/h6-10,16-17H,5H2,1-4H3,(H,15,18)(H,19,20)/t7-,8?,9-,10?,14?/m0/s1. The maximum absolute atomic E-state index is 12.6. The molecule has 1 heterocycles. The molecule has 5 atom stereocenters. The number of carbonyl (C=O) groups is 3. The summed E-state index contributed by atoms with van der Waals surface area (Å²) in [4.78, 5) is 35.2. The molecular formula is C14H23NO6S. The fraction of sp³-hybridized carbons (Fsp3) is 0.786. The van der Waals surface area contributed by atoms with Crippen molar-refractivity contribution < 1.29 is 29.7 Å². The molecule has 0 aliphatic carbocycles. The highest BCUT2D eigenvalue weighted by molar-refractivity contribution is 8.13. The van der Waals surface area contributed by atoms with Crippen LogP contribution in [-0.4, -0.2) is 55.8 Å². The van der Waals surface area contributed by atoms with E-state index < -0.39 is 46.6 Å². The summed E-state index contributed by atoms with van der Waals surface area (Å²) in [6, 6.07) is 0. The molecule has 0 spiro atoms. The minimum Gasteiger partial charge on any atom is -0.481 e. The van der Waals surface area contributed by atoms with E-state index in [9.17, 15) is 24.6 Å². The number of carboxylic acids is 1. The maximum Gasteiger partial charge on any atom is 0.307 e. The smallest absolute Gasteiger partial charge is 0.307 e. The third-order valence-corrected chi connectivity index (χ3v) is 5.27. The van der Waals surface area contributed by atoms with Crippen LogP contribution in [0.4, 0.5) is 0 Å². The number of carbonyl (C=O) groups excluding carboxylic acids is 2. The van der Waals surface area contributed by atoms with Gasteiger partial charge in [0.05, 0.1) is 24.0 Å². The van der Waals surface area contributed by atoms with Crippen molar-refractivity contribution in [3.05, 3.63) is 0 Å². The van der Waals surface area contributed by atoms with Crippen LogP contribution in [0.1, 0.15) is 27.7 Å². The van der Waals surface area contributed by atoms with E-state index in [1.54, 1.807) is 13.8 Å². The number of thioether (sulfide) groups is 1. The molecular weight excluding hydrogens is 310 g/mol. The lowest BCUT2D eigenvalue weighted by Gasteiger charge is -2.37. The van der Waals surface area contributed by atoms with Crippen LogP contribution in [0, 0.1) is 17.8 Å². The Morgan fingerprint density at radius 2 is 1.91 bits per heavy atom. The van der Waals surface area contributed by atoms with Crippen molar-refractivity contribution >= 4 is 28.8 Å². The average Bonchev–Trinajstić information content (AvgIpc) is 2.68. The zero-order chi connectivity index (χ0) is 17.2. The van der Waals surface area contributed by atoms with Gasteiger partial charge in [0.25, 0.3) is 0 Å². The Labute approximate surface area is 133 Å². The molecule has 1 saturated heterocycles. The SMILES string of the molecule is CC1C(=O)NC(C(=O)SC[C@H](C)C(=O)O)([C@@H](O)C(C)C)C1O. The predicted molar refractivity (Wildman–Crippen MR) is 81.2 cm³/mol. The van der Waals surface area contributed by atoms with Gasteiger partial charge in [-0.05, 0) is 5.92 Å². The zero-order valence-electron chi connectivity index (χ0n) is 13.1. The molecule has 0 bridgehead atoms. The molecule has 1 amide bonds. The molecule has 126 valence electrons. The second kappa shape index (κ2) is 6.97. The number of amides is 1. The first-order valence-corrected chi connectivity index (χ1v) is 8.12. The van der Waals surface area contributed by atoms with Crippen molar-refractivity contribution in [1.29, 1.82) is 0 Å². The largest absolute Gasteiger partial charge is 0.481 e. The molecule has 0 aromatic rings. The van der Waals surface area contributed by atoms with Crippen molar-refractivity contribution in [3.63, 3.8) is 0 Å². The third kappa shape index (κ3) is 3.28. The first-order valence-electron chi connectivity index (χ1n) is 7.13. The van der Waals surface area contributed by atoms with Gasteiger partial charge in [-0.25, -0.2) is 0 Å². The van der Waals surface area contributed by atoms with Crippen LogP contribution in [0.25, 0.3) is 0 Å². The predicted octanol–water partition coefficient (Wildman–Crippen LogP) is -0.151. The molecule has 8 heteroatoms. The van der Waals surface area contributed by atoms with Gasteiger partial charge in [0, 0.05) is 5.75 Å². The van der Waals surface area contributed by atoms with Gasteiger partial charge in [-0.3, -0.25) is 14.4 Å². The Hall–Kier alpha value is -1.12. The van der Waals surface area contributed by atoms with E-state index in [-0.39, 0.29) is 11.7 Å². The highest BCUT2D eigenvalue weighted by atomic mass is 32.2. The first-order chi connectivity index (χ1) is 10.1. The summed E-state index contributed by atoms with van der Waals surface area (Å²) in [5.74, 6) is -3.50. The van der Waals surface area contributed by atoms with Gasteiger partial charge >= 0.3 is 5.97 Å². The Morgan fingerprint density at radius 1 is 1.36 bits per heavy atom. The molecule has 1 aliphatic heterocycles. The van der Waals surface area contributed by atoms with E-state index in [2.05, 4.69) is 5.32 Å². The first kappa shape index (κ1) is 18.9. The number of rotatable bonds is 6.